The number of hydrogen-bond donors (Lipinski definition) is 2. The van der Waals surface area contributed by atoms with Crippen LogP contribution in [-0.2, 0) is 31.3 Å². The van der Waals surface area contributed by atoms with Gasteiger partial charge in [-0.25, -0.2) is 0 Å². The van der Waals surface area contributed by atoms with Crippen LogP contribution in [0, 0.1) is 10.8 Å². The summed E-state index contributed by atoms with van der Waals surface area (Å²) in [6.07, 6.45) is 0. The summed E-state index contributed by atoms with van der Waals surface area (Å²) >= 11 is 0. The molecule has 0 spiro atoms. The van der Waals surface area contributed by atoms with E-state index >= 15 is 0 Å². The van der Waals surface area contributed by atoms with Crippen LogP contribution in [0.1, 0.15) is 41.5 Å². The van der Waals surface area contributed by atoms with E-state index in [1.54, 1.807) is 41.5 Å². The molecule has 0 aromatic heterocycles. The van der Waals surface area contributed by atoms with Crippen molar-refractivity contribution in [1.82, 2.24) is 0 Å². The van der Waals surface area contributed by atoms with E-state index in [1.165, 1.54) is 0 Å². The number of rotatable bonds is 0. The minimum absolute atomic E-state index is 0. The van der Waals surface area contributed by atoms with Crippen LogP contribution in [0.4, 0.5) is 0 Å². The van der Waals surface area contributed by atoms with Crippen molar-refractivity contribution < 1.29 is 51.7 Å². The molecule has 0 saturated heterocycles. The van der Waals surface area contributed by atoms with Crippen LogP contribution in [0.5, 0.6) is 0 Å². The quantitative estimate of drug-likeness (QED) is 0.615. The van der Waals surface area contributed by atoms with Crippen molar-refractivity contribution in [2.75, 3.05) is 14.2 Å². The average Bonchev–Trinajstić information content (AvgIpc) is 2.21. The normalized spacial score (nSPS) is 8.95. The van der Waals surface area contributed by atoms with Crippen LogP contribution >= 0.6 is 0 Å². The maximum Gasteiger partial charge on any atom is 2.00 e. The molecular formula is C12H26O6Ti. The van der Waals surface area contributed by atoms with Crippen molar-refractivity contribution in [2.24, 2.45) is 10.8 Å². The van der Waals surface area contributed by atoms with Gasteiger partial charge in [-0.1, -0.05) is 0 Å². The number of carbonyl (C=O) groups is 2. The Morgan fingerprint density at radius 2 is 0.737 bits per heavy atom. The minimum atomic E-state index is -0.757. The van der Waals surface area contributed by atoms with Gasteiger partial charge < -0.3 is 20.4 Å². The van der Waals surface area contributed by atoms with Gasteiger partial charge in [-0.3, -0.25) is 9.59 Å². The number of aliphatic carboxylic acids is 2. The van der Waals surface area contributed by atoms with E-state index in [2.05, 4.69) is 0 Å². The molecule has 0 aromatic rings. The first-order valence-corrected chi connectivity index (χ1v) is 5.17. The van der Waals surface area contributed by atoms with Crippen LogP contribution in [-0.4, -0.2) is 36.4 Å². The molecule has 114 valence electrons. The maximum absolute atomic E-state index is 10.0. The molecule has 2 N–H and O–H groups in total. The number of carboxylic acid groups (broad SMARTS) is 2. The Hall–Kier alpha value is -0.426. The third-order valence-electron chi connectivity index (χ3n) is 1.28. The molecule has 0 fully saturated rings. The molecule has 0 amide bonds. The van der Waals surface area contributed by atoms with E-state index in [4.69, 9.17) is 20.4 Å². The van der Waals surface area contributed by atoms with Crippen LogP contribution in [0.2, 0.25) is 0 Å². The standard InChI is InChI=1S/2C5H10O2.2CH3O.Ti/c2*1-5(2,3)4(6)7;2*1-2;/h2*1-3H3,(H,6,7);2*1H3;/q;;2*-1;+2. The SMILES string of the molecule is CC(C)(C)C(=O)O.CC(C)(C)C(=O)O.C[O-].C[O-].[Ti+2]. The molecule has 7 heteroatoms. The van der Waals surface area contributed by atoms with Gasteiger partial charge in [0.15, 0.2) is 0 Å². The molecule has 0 aliphatic heterocycles. The average molecular weight is 314 g/mol. The van der Waals surface area contributed by atoms with E-state index in [0.717, 1.165) is 14.2 Å². The Labute approximate surface area is 130 Å². The molecule has 0 heterocycles. The third kappa shape index (κ3) is 31.8. The zero-order chi connectivity index (χ0) is 16.2. The van der Waals surface area contributed by atoms with Crippen LogP contribution in [0.25, 0.3) is 0 Å². The van der Waals surface area contributed by atoms with Crippen molar-refractivity contribution in [2.45, 2.75) is 41.5 Å². The fourth-order valence-corrected chi connectivity index (χ4v) is 0. The summed E-state index contributed by atoms with van der Waals surface area (Å²) in [6.45, 7) is 9.97. The van der Waals surface area contributed by atoms with Gasteiger partial charge in [0, 0.05) is 0 Å². The number of carboxylic acids is 2. The second kappa shape index (κ2) is 15.6. The van der Waals surface area contributed by atoms with Gasteiger partial charge in [0.05, 0.1) is 10.8 Å². The molecule has 19 heavy (non-hydrogen) atoms. The van der Waals surface area contributed by atoms with Crippen molar-refractivity contribution in [1.29, 1.82) is 0 Å². The molecule has 6 nitrogen and oxygen atoms in total. The van der Waals surface area contributed by atoms with Crippen LogP contribution in [0.15, 0.2) is 0 Å². The fraction of sp³-hybridized carbons (Fsp3) is 0.833. The van der Waals surface area contributed by atoms with Gasteiger partial charge in [0.25, 0.3) is 0 Å². The molecule has 0 aliphatic carbocycles. The Bertz CT molecular complexity index is 191. The molecule has 0 radical (unpaired) electrons. The first-order valence-electron chi connectivity index (χ1n) is 5.17. The molecule has 0 rings (SSSR count). The van der Waals surface area contributed by atoms with E-state index in [0.29, 0.717) is 0 Å². The molecule has 0 atom stereocenters. The first kappa shape index (κ1) is 31.1. The molecule has 0 aliphatic rings. The largest absolute Gasteiger partial charge is 2.00 e. The van der Waals surface area contributed by atoms with Gasteiger partial charge in [-0.05, 0) is 41.5 Å². The Kier molecular flexibility index (Phi) is 25.6. The van der Waals surface area contributed by atoms with Crippen molar-refractivity contribution in [3.63, 3.8) is 0 Å². The minimum Gasteiger partial charge on any atom is -0.857 e. The monoisotopic (exact) mass is 314 g/mol. The van der Waals surface area contributed by atoms with Gasteiger partial charge in [-0.15, -0.1) is 0 Å². The third-order valence-corrected chi connectivity index (χ3v) is 1.28. The molecule has 0 saturated carbocycles. The topological polar surface area (TPSA) is 121 Å². The first-order chi connectivity index (χ1) is 7.89. The smallest absolute Gasteiger partial charge is 0.857 e. The molecule has 0 aromatic carbocycles. The Morgan fingerprint density at radius 1 is 0.684 bits per heavy atom. The van der Waals surface area contributed by atoms with Gasteiger partial charge in [-0.2, -0.15) is 14.2 Å². The van der Waals surface area contributed by atoms with Crippen molar-refractivity contribution >= 4 is 11.9 Å². The van der Waals surface area contributed by atoms with Crippen LogP contribution < -0.4 is 10.2 Å². The predicted octanol–water partition coefficient (Wildman–Crippen LogP) is 0.185. The van der Waals surface area contributed by atoms with Crippen molar-refractivity contribution in [3.8, 4) is 0 Å². The van der Waals surface area contributed by atoms with Gasteiger partial charge in [0.2, 0.25) is 0 Å². The summed E-state index contributed by atoms with van der Waals surface area (Å²) in [5.41, 5.74) is -1.17. The molecule has 0 unspecified atom stereocenters. The van der Waals surface area contributed by atoms with E-state index < -0.39 is 22.8 Å². The van der Waals surface area contributed by atoms with E-state index in [9.17, 15) is 9.59 Å². The second-order valence-corrected chi connectivity index (χ2v) is 5.11. The Balaban J connectivity index is -0.0000000522. The summed E-state index contributed by atoms with van der Waals surface area (Å²) in [5, 5.41) is 33.0. The summed E-state index contributed by atoms with van der Waals surface area (Å²) in [4.78, 5) is 20.0. The Morgan fingerprint density at radius 3 is 0.737 bits per heavy atom. The van der Waals surface area contributed by atoms with Crippen LogP contribution in [0.3, 0.4) is 0 Å². The summed E-state index contributed by atoms with van der Waals surface area (Å²) in [7, 11) is 1.50. The summed E-state index contributed by atoms with van der Waals surface area (Å²) in [6, 6.07) is 0. The van der Waals surface area contributed by atoms with E-state index in [1.807, 2.05) is 0 Å². The second-order valence-electron chi connectivity index (χ2n) is 5.11. The zero-order valence-corrected chi connectivity index (χ0v) is 14.6. The number of hydrogen-bond acceptors (Lipinski definition) is 4. The summed E-state index contributed by atoms with van der Waals surface area (Å²) < 4.78 is 0. The molecule has 0 bridgehead atoms. The summed E-state index contributed by atoms with van der Waals surface area (Å²) in [5.74, 6) is -1.51. The zero-order valence-electron chi connectivity index (χ0n) is 13.0. The predicted molar refractivity (Wildman–Crippen MR) is 66.0 cm³/mol. The van der Waals surface area contributed by atoms with Gasteiger partial charge >= 0.3 is 33.7 Å². The van der Waals surface area contributed by atoms with E-state index in [-0.39, 0.29) is 21.7 Å². The fourth-order valence-electron chi connectivity index (χ4n) is 0. The maximum atomic E-state index is 10.0. The van der Waals surface area contributed by atoms with Gasteiger partial charge in [0.1, 0.15) is 0 Å². The van der Waals surface area contributed by atoms with Crippen molar-refractivity contribution in [3.05, 3.63) is 0 Å². The molecular weight excluding hydrogens is 288 g/mol.